The Labute approximate surface area is 154 Å². The van der Waals surface area contributed by atoms with Crippen molar-refractivity contribution in [3.05, 3.63) is 71.0 Å². The average Bonchev–Trinajstić information content (AvgIpc) is 2.63. The van der Waals surface area contributed by atoms with Crippen LogP contribution in [0, 0.1) is 5.82 Å². The Morgan fingerprint density at radius 1 is 1.11 bits per heavy atom. The molecule has 0 spiro atoms. The number of nitrogens with zero attached hydrogens (tertiary/aromatic N) is 1. The number of hydrogen-bond donors (Lipinski definition) is 1. The second-order valence-corrected chi connectivity index (χ2v) is 6.63. The van der Waals surface area contributed by atoms with Gasteiger partial charge in [0.15, 0.2) is 0 Å². The lowest BCUT2D eigenvalue weighted by molar-refractivity contribution is -0.145. The number of hydrogen-bond acceptors (Lipinski definition) is 2. The monoisotopic (exact) mass is 381 g/mol. The Morgan fingerprint density at radius 3 is 2.52 bits per heavy atom. The van der Waals surface area contributed by atoms with Gasteiger partial charge in [-0.25, -0.2) is 4.39 Å². The highest BCUT2D eigenvalue weighted by molar-refractivity contribution is 5.73. The fourth-order valence-corrected chi connectivity index (χ4v) is 3.66. The number of carboxylic acids is 1. The highest BCUT2D eigenvalue weighted by Crippen LogP contribution is 2.38. The Hall–Kier alpha value is -2.41. The van der Waals surface area contributed by atoms with Gasteiger partial charge in [-0.15, -0.1) is 0 Å². The summed E-state index contributed by atoms with van der Waals surface area (Å²) in [4.78, 5) is 13.3. The fourth-order valence-electron chi connectivity index (χ4n) is 3.66. The number of carbonyl (C=O) groups is 1. The minimum absolute atomic E-state index is 0.171. The van der Waals surface area contributed by atoms with E-state index in [9.17, 15) is 27.5 Å². The molecule has 1 heterocycles. The molecular formula is C20H19F4NO2. The zero-order chi connectivity index (χ0) is 19.6. The molecule has 144 valence electrons. The predicted molar refractivity (Wildman–Crippen MR) is 91.7 cm³/mol. The summed E-state index contributed by atoms with van der Waals surface area (Å²) in [5.74, 6) is -1.63. The first-order valence-corrected chi connectivity index (χ1v) is 8.69. The van der Waals surface area contributed by atoms with Crippen molar-refractivity contribution >= 4 is 5.97 Å². The average molecular weight is 381 g/mol. The van der Waals surface area contributed by atoms with Crippen molar-refractivity contribution in [3.8, 4) is 0 Å². The number of likely N-dealkylation sites (tertiary alicyclic amines) is 1. The lowest BCUT2D eigenvalue weighted by atomic mass is 9.90. The minimum atomic E-state index is -4.54. The van der Waals surface area contributed by atoms with Crippen LogP contribution in [-0.4, -0.2) is 28.6 Å². The van der Waals surface area contributed by atoms with Crippen LogP contribution in [0.2, 0.25) is 0 Å². The highest BCUT2D eigenvalue weighted by Gasteiger charge is 2.37. The third-order valence-electron chi connectivity index (χ3n) is 4.89. The van der Waals surface area contributed by atoms with Crippen LogP contribution in [0.25, 0.3) is 0 Å². The van der Waals surface area contributed by atoms with Crippen molar-refractivity contribution in [3.63, 3.8) is 0 Å². The van der Waals surface area contributed by atoms with Crippen molar-refractivity contribution in [2.75, 3.05) is 6.54 Å². The van der Waals surface area contributed by atoms with Crippen LogP contribution in [0.3, 0.4) is 0 Å². The molecule has 0 bridgehead atoms. The first kappa shape index (κ1) is 19.4. The minimum Gasteiger partial charge on any atom is -0.480 e. The van der Waals surface area contributed by atoms with Crippen molar-refractivity contribution in [1.29, 1.82) is 0 Å². The van der Waals surface area contributed by atoms with Crippen LogP contribution < -0.4 is 0 Å². The van der Waals surface area contributed by atoms with Gasteiger partial charge in [0.1, 0.15) is 11.9 Å². The zero-order valence-electron chi connectivity index (χ0n) is 14.4. The molecule has 7 heteroatoms. The van der Waals surface area contributed by atoms with Crippen molar-refractivity contribution in [2.24, 2.45) is 0 Å². The normalized spacial score (nSPS) is 19.6. The van der Waals surface area contributed by atoms with Crippen molar-refractivity contribution in [2.45, 2.75) is 37.5 Å². The Kier molecular flexibility index (Phi) is 5.51. The van der Waals surface area contributed by atoms with Gasteiger partial charge in [-0.05, 0) is 43.1 Å². The van der Waals surface area contributed by atoms with Gasteiger partial charge in [0.05, 0.1) is 11.6 Å². The van der Waals surface area contributed by atoms with E-state index in [1.165, 1.54) is 30.3 Å². The summed E-state index contributed by atoms with van der Waals surface area (Å²) >= 11 is 0. The third kappa shape index (κ3) is 4.13. The van der Waals surface area contributed by atoms with Crippen LogP contribution in [0.4, 0.5) is 17.6 Å². The summed E-state index contributed by atoms with van der Waals surface area (Å²) in [6, 6.07) is 8.71. The maximum Gasteiger partial charge on any atom is 0.416 e. The fraction of sp³-hybridized carbons (Fsp3) is 0.350. The Morgan fingerprint density at radius 2 is 1.85 bits per heavy atom. The van der Waals surface area contributed by atoms with Crippen LogP contribution in [0.15, 0.2) is 48.5 Å². The quantitative estimate of drug-likeness (QED) is 0.768. The molecule has 0 radical (unpaired) electrons. The molecule has 1 aliphatic rings. The molecule has 2 atom stereocenters. The molecule has 0 aromatic heterocycles. The molecule has 1 N–H and O–H groups in total. The van der Waals surface area contributed by atoms with E-state index in [0.29, 0.717) is 25.8 Å². The summed E-state index contributed by atoms with van der Waals surface area (Å²) in [6.07, 6.45) is -2.75. The van der Waals surface area contributed by atoms with Gasteiger partial charge in [-0.1, -0.05) is 36.8 Å². The smallest absolute Gasteiger partial charge is 0.416 e. The van der Waals surface area contributed by atoms with Crippen LogP contribution in [-0.2, 0) is 11.0 Å². The molecule has 1 fully saturated rings. The molecule has 27 heavy (non-hydrogen) atoms. The summed E-state index contributed by atoms with van der Waals surface area (Å²) < 4.78 is 54.1. The molecule has 3 rings (SSSR count). The topological polar surface area (TPSA) is 40.5 Å². The molecule has 1 saturated heterocycles. The summed E-state index contributed by atoms with van der Waals surface area (Å²) in [5.41, 5.74) is -0.446. The number of carboxylic acid groups (broad SMARTS) is 1. The van der Waals surface area contributed by atoms with Gasteiger partial charge in [0.25, 0.3) is 0 Å². The summed E-state index contributed by atoms with van der Waals surface area (Å²) in [5, 5.41) is 9.59. The van der Waals surface area contributed by atoms with Gasteiger partial charge in [-0.2, -0.15) is 13.2 Å². The van der Waals surface area contributed by atoms with E-state index >= 15 is 0 Å². The SMILES string of the molecule is O=C(O)C1CCCCN1C(c1cccc(C(F)(F)F)c1)c1ccccc1F. The zero-order valence-corrected chi connectivity index (χ0v) is 14.4. The molecule has 2 aromatic carbocycles. The molecular weight excluding hydrogens is 362 g/mol. The van der Waals surface area contributed by atoms with E-state index in [0.717, 1.165) is 12.1 Å². The van der Waals surface area contributed by atoms with Gasteiger partial charge in [0, 0.05) is 5.56 Å². The van der Waals surface area contributed by atoms with E-state index in [2.05, 4.69) is 0 Å². The number of piperidine rings is 1. The lowest BCUT2D eigenvalue weighted by Crippen LogP contribution is -2.47. The number of alkyl halides is 3. The van der Waals surface area contributed by atoms with E-state index in [1.54, 1.807) is 11.0 Å². The summed E-state index contributed by atoms with van der Waals surface area (Å²) in [6.45, 7) is 0.367. The van der Waals surface area contributed by atoms with Gasteiger partial charge < -0.3 is 5.11 Å². The largest absolute Gasteiger partial charge is 0.480 e. The number of benzene rings is 2. The third-order valence-corrected chi connectivity index (χ3v) is 4.89. The van der Waals surface area contributed by atoms with E-state index in [-0.39, 0.29) is 11.1 Å². The Balaban J connectivity index is 2.14. The number of rotatable bonds is 4. The second-order valence-electron chi connectivity index (χ2n) is 6.63. The maximum atomic E-state index is 14.5. The van der Waals surface area contributed by atoms with E-state index < -0.39 is 35.6 Å². The van der Waals surface area contributed by atoms with Crippen molar-refractivity contribution < 1.29 is 27.5 Å². The first-order chi connectivity index (χ1) is 12.8. The molecule has 1 aliphatic heterocycles. The van der Waals surface area contributed by atoms with Crippen LogP contribution >= 0.6 is 0 Å². The van der Waals surface area contributed by atoms with Gasteiger partial charge >= 0.3 is 12.1 Å². The molecule has 0 saturated carbocycles. The molecule has 2 unspecified atom stereocenters. The standard InChI is InChI=1S/C20H19F4NO2/c21-16-9-2-1-8-15(16)18(25-11-4-3-10-17(25)19(26)27)13-6-5-7-14(12-13)20(22,23)24/h1-2,5-9,12,17-18H,3-4,10-11H2,(H,26,27). The maximum absolute atomic E-state index is 14.5. The molecule has 2 aromatic rings. The van der Waals surface area contributed by atoms with E-state index in [1.807, 2.05) is 0 Å². The van der Waals surface area contributed by atoms with Gasteiger partial charge in [0.2, 0.25) is 0 Å². The lowest BCUT2D eigenvalue weighted by Gasteiger charge is -2.39. The highest BCUT2D eigenvalue weighted by atomic mass is 19.4. The van der Waals surface area contributed by atoms with Crippen molar-refractivity contribution in [1.82, 2.24) is 4.90 Å². The molecule has 3 nitrogen and oxygen atoms in total. The molecule has 0 amide bonds. The summed E-state index contributed by atoms with van der Waals surface area (Å²) in [7, 11) is 0. The number of halogens is 4. The predicted octanol–water partition coefficient (Wildman–Crippen LogP) is 4.87. The molecule has 0 aliphatic carbocycles. The van der Waals surface area contributed by atoms with Crippen LogP contribution in [0.5, 0.6) is 0 Å². The first-order valence-electron chi connectivity index (χ1n) is 8.69. The number of aliphatic carboxylic acids is 1. The van der Waals surface area contributed by atoms with Gasteiger partial charge in [-0.3, -0.25) is 9.69 Å². The van der Waals surface area contributed by atoms with E-state index in [4.69, 9.17) is 0 Å². The Bertz CT molecular complexity index is 822. The van der Waals surface area contributed by atoms with Crippen LogP contribution in [0.1, 0.15) is 42.0 Å². The second kappa shape index (κ2) is 7.68.